The minimum absolute atomic E-state index is 0.188. The molecule has 2 rings (SSSR count). The second-order valence-corrected chi connectivity index (χ2v) is 6.31. The predicted molar refractivity (Wildman–Crippen MR) is 92.1 cm³/mol. The maximum Gasteiger partial charge on any atom is 0.0709 e. The molecule has 1 aromatic carbocycles. The van der Waals surface area contributed by atoms with Crippen molar-refractivity contribution in [3.8, 4) is 0 Å². The highest BCUT2D eigenvalue weighted by molar-refractivity contribution is 6.18. The fourth-order valence-electron chi connectivity index (χ4n) is 3.07. The van der Waals surface area contributed by atoms with Gasteiger partial charge in [0.05, 0.1) is 11.2 Å². The number of unbranched alkanes of at least 4 members (excludes halogenated alkanes) is 1. The van der Waals surface area contributed by atoms with Crippen LogP contribution in [0.2, 0.25) is 0 Å². The van der Waals surface area contributed by atoms with E-state index in [9.17, 15) is 0 Å². The van der Waals surface area contributed by atoms with Gasteiger partial charge in [-0.1, -0.05) is 44.9 Å². The first-order chi connectivity index (χ1) is 10.2. The van der Waals surface area contributed by atoms with Crippen LogP contribution in [0.4, 0.5) is 0 Å². The van der Waals surface area contributed by atoms with E-state index in [0.717, 1.165) is 25.3 Å². The predicted octanol–water partition coefficient (Wildman–Crippen LogP) is 5.42. The van der Waals surface area contributed by atoms with Gasteiger partial charge in [0.15, 0.2) is 0 Å². The molecule has 2 nitrogen and oxygen atoms in total. The van der Waals surface area contributed by atoms with Gasteiger partial charge in [-0.15, -0.1) is 11.6 Å². The maximum absolute atomic E-state index is 6.37. The number of aryl methyl sites for hydroxylation is 1. The molecule has 1 unspecified atom stereocenters. The quantitative estimate of drug-likeness (QED) is 0.595. The number of hydrogen-bond donors (Lipinski definition) is 0. The number of fused-ring (bicyclic) bond motifs is 1. The normalized spacial score (nSPS) is 14.5. The number of para-hydroxylation sites is 1. The molecule has 3 heteroatoms. The van der Waals surface area contributed by atoms with Crippen molar-refractivity contribution in [3.63, 3.8) is 0 Å². The molecule has 116 valence electrons. The Hall–Kier alpha value is -1.02. The second-order valence-electron chi connectivity index (χ2n) is 6.05. The van der Waals surface area contributed by atoms with E-state index in [1.54, 1.807) is 0 Å². The molecule has 0 fully saturated rings. The van der Waals surface area contributed by atoms with Gasteiger partial charge in [0.2, 0.25) is 0 Å². The summed E-state index contributed by atoms with van der Waals surface area (Å²) in [7, 11) is 0. The third-order valence-electron chi connectivity index (χ3n) is 4.67. The largest absolute Gasteiger partial charge is 0.265 e. The van der Waals surface area contributed by atoms with E-state index >= 15 is 0 Å². The number of aromatic nitrogens is 2. The molecule has 0 aliphatic rings. The van der Waals surface area contributed by atoms with Crippen LogP contribution in [0.3, 0.4) is 0 Å². The van der Waals surface area contributed by atoms with Crippen molar-refractivity contribution in [2.24, 2.45) is 5.41 Å². The van der Waals surface area contributed by atoms with E-state index in [2.05, 4.69) is 49.7 Å². The van der Waals surface area contributed by atoms with Gasteiger partial charge in [-0.25, -0.2) is 0 Å². The van der Waals surface area contributed by atoms with Gasteiger partial charge in [0, 0.05) is 17.8 Å². The van der Waals surface area contributed by atoms with Crippen molar-refractivity contribution in [1.82, 2.24) is 9.78 Å². The van der Waals surface area contributed by atoms with Crippen LogP contribution in [0.25, 0.3) is 10.9 Å². The Balaban J connectivity index is 2.36. The van der Waals surface area contributed by atoms with Crippen LogP contribution in [0, 0.1) is 5.41 Å². The SMILES string of the molecule is CCCCC(CC)(CCl)Cc1nn(CC)c2ccccc12. The van der Waals surface area contributed by atoms with Gasteiger partial charge in [-0.05, 0) is 37.7 Å². The molecule has 0 amide bonds. The van der Waals surface area contributed by atoms with Crippen LogP contribution in [0.1, 0.15) is 52.1 Å². The summed E-state index contributed by atoms with van der Waals surface area (Å²) < 4.78 is 2.11. The Morgan fingerprint density at radius 2 is 1.95 bits per heavy atom. The first-order valence-electron chi connectivity index (χ1n) is 8.20. The van der Waals surface area contributed by atoms with Crippen LogP contribution < -0.4 is 0 Å². The average molecular weight is 307 g/mol. The van der Waals surface area contributed by atoms with Gasteiger partial charge < -0.3 is 0 Å². The number of hydrogen-bond acceptors (Lipinski definition) is 1. The summed E-state index contributed by atoms with van der Waals surface area (Å²) in [4.78, 5) is 0. The van der Waals surface area contributed by atoms with Gasteiger partial charge >= 0.3 is 0 Å². The Kier molecular flexibility index (Phi) is 5.69. The molecule has 0 spiro atoms. The number of alkyl halides is 1. The Bertz CT molecular complexity index is 570. The molecule has 1 heterocycles. The van der Waals surface area contributed by atoms with E-state index in [4.69, 9.17) is 16.7 Å². The van der Waals surface area contributed by atoms with Crippen molar-refractivity contribution in [2.45, 2.75) is 59.4 Å². The molecule has 0 saturated carbocycles. The molecule has 1 atom stereocenters. The van der Waals surface area contributed by atoms with Crippen molar-refractivity contribution in [1.29, 1.82) is 0 Å². The molecule has 0 N–H and O–H groups in total. The zero-order valence-corrected chi connectivity index (χ0v) is 14.3. The average Bonchev–Trinajstić information content (AvgIpc) is 2.89. The molecule has 0 aliphatic heterocycles. The summed E-state index contributed by atoms with van der Waals surface area (Å²) >= 11 is 6.37. The smallest absolute Gasteiger partial charge is 0.0709 e. The van der Waals surface area contributed by atoms with Crippen molar-refractivity contribution >= 4 is 22.5 Å². The lowest BCUT2D eigenvalue weighted by atomic mass is 9.78. The molecule has 2 aromatic rings. The number of benzene rings is 1. The highest BCUT2D eigenvalue weighted by Gasteiger charge is 2.29. The van der Waals surface area contributed by atoms with E-state index in [-0.39, 0.29) is 5.41 Å². The molecule has 0 radical (unpaired) electrons. The van der Waals surface area contributed by atoms with Crippen molar-refractivity contribution in [2.75, 3.05) is 5.88 Å². The highest BCUT2D eigenvalue weighted by atomic mass is 35.5. The molecule has 0 aliphatic carbocycles. The lowest BCUT2D eigenvalue weighted by Gasteiger charge is -2.30. The Labute approximate surface area is 133 Å². The summed E-state index contributed by atoms with van der Waals surface area (Å²) in [6.45, 7) is 7.57. The number of rotatable bonds is 8. The molecule has 0 saturated heterocycles. The Morgan fingerprint density at radius 1 is 1.19 bits per heavy atom. The van der Waals surface area contributed by atoms with E-state index in [0.29, 0.717) is 0 Å². The summed E-state index contributed by atoms with van der Waals surface area (Å²) in [5, 5.41) is 6.15. The monoisotopic (exact) mass is 306 g/mol. The zero-order valence-electron chi connectivity index (χ0n) is 13.5. The van der Waals surface area contributed by atoms with Gasteiger partial charge in [0.1, 0.15) is 0 Å². The zero-order chi connectivity index (χ0) is 15.3. The fourth-order valence-corrected chi connectivity index (χ4v) is 3.49. The van der Waals surface area contributed by atoms with E-state index in [1.807, 2.05) is 0 Å². The summed E-state index contributed by atoms with van der Waals surface area (Å²) in [6, 6.07) is 8.55. The minimum Gasteiger partial charge on any atom is -0.265 e. The van der Waals surface area contributed by atoms with E-state index < -0.39 is 0 Å². The van der Waals surface area contributed by atoms with Gasteiger partial charge in [0.25, 0.3) is 0 Å². The topological polar surface area (TPSA) is 17.8 Å². The summed E-state index contributed by atoms with van der Waals surface area (Å²) in [6.07, 6.45) is 5.76. The minimum atomic E-state index is 0.188. The Morgan fingerprint density at radius 3 is 2.57 bits per heavy atom. The van der Waals surface area contributed by atoms with Crippen LogP contribution in [0.5, 0.6) is 0 Å². The first-order valence-corrected chi connectivity index (χ1v) is 8.73. The van der Waals surface area contributed by atoms with Gasteiger partial charge in [-0.3, -0.25) is 4.68 Å². The lowest BCUT2D eigenvalue weighted by Crippen LogP contribution is -2.25. The van der Waals surface area contributed by atoms with Crippen LogP contribution in [-0.2, 0) is 13.0 Å². The number of halogens is 1. The molecular weight excluding hydrogens is 280 g/mol. The summed E-state index contributed by atoms with van der Waals surface area (Å²) in [5.74, 6) is 0.719. The van der Waals surface area contributed by atoms with E-state index in [1.165, 1.54) is 35.9 Å². The molecular formula is C18H27ClN2. The van der Waals surface area contributed by atoms with Crippen LogP contribution in [0.15, 0.2) is 24.3 Å². The van der Waals surface area contributed by atoms with Gasteiger partial charge in [-0.2, -0.15) is 5.10 Å². The standard InChI is InChI=1S/C18H27ClN2/c1-4-7-12-18(5-2,14-19)13-16-15-10-8-9-11-17(15)21(6-3)20-16/h8-11H,4-7,12-14H2,1-3H3. The van der Waals surface area contributed by atoms with Crippen molar-refractivity contribution in [3.05, 3.63) is 30.0 Å². The number of nitrogens with zero attached hydrogens (tertiary/aromatic N) is 2. The van der Waals surface area contributed by atoms with Crippen LogP contribution in [-0.4, -0.2) is 15.7 Å². The highest BCUT2D eigenvalue weighted by Crippen LogP contribution is 2.36. The molecule has 0 bridgehead atoms. The molecule has 1 aromatic heterocycles. The maximum atomic E-state index is 6.37. The first kappa shape index (κ1) is 16.4. The fraction of sp³-hybridized carbons (Fsp3) is 0.611. The second kappa shape index (κ2) is 7.31. The third kappa shape index (κ3) is 3.42. The summed E-state index contributed by atoms with van der Waals surface area (Å²) in [5.41, 5.74) is 2.64. The third-order valence-corrected chi connectivity index (χ3v) is 5.24. The molecule has 21 heavy (non-hydrogen) atoms. The van der Waals surface area contributed by atoms with Crippen molar-refractivity contribution < 1.29 is 0 Å². The van der Waals surface area contributed by atoms with Crippen LogP contribution >= 0.6 is 11.6 Å². The lowest BCUT2D eigenvalue weighted by molar-refractivity contribution is 0.276.